The Balaban J connectivity index is 2.02. The topological polar surface area (TPSA) is 26.3 Å². The van der Waals surface area contributed by atoms with Crippen LogP contribution in [0.2, 0.25) is 0 Å². The van der Waals surface area contributed by atoms with Crippen LogP contribution in [0.4, 0.5) is 0 Å². The molecule has 0 unspecified atom stereocenters. The van der Waals surface area contributed by atoms with Crippen molar-refractivity contribution in [3.8, 4) is 0 Å². The van der Waals surface area contributed by atoms with Crippen molar-refractivity contribution in [2.45, 2.75) is 50.5 Å². The normalized spacial score (nSPS) is 17.5. The summed E-state index contributed by atoms with van der Waals surface area (Å²) in [6, 6.07) is 10.2. The Morgan fingerprint density at radius 2 is 1.89 bits per heavy atom. The molecule has 0 bridgehead atoms. The summed E-state index contributed by atoms with van der Waals surface area (Å²) in [7, 11) is 1.70. The Labute approximate surface area is 109 Å². The second kappa shape index (κ2) is 4.85. The van der Waals surface area contributed by atoms with Gasteiger partial charge in [-0.25, -0.2) is 0 Å². The fourth-order valence-corrected chi connectivity index (χ4v) is 2.37. The van der Waals surface area contributed by atoms with Crippen LogP contribution >= 0.6 is 0 Å². The number of hydrogen-bond acceptors (Lipinski definition) is 2. The predicted octanol–water partition coefficient (Wildman–Crippen LogP) is 3.49. The van der Waals surface area contributed by atoms with Gasteiger partial charge in [-0.15, -0.1) is 0 Å². The Kier molecular flexibility index (Phi) is 3.58. The lowest BCUT2D eigenvalue weighted by Crippen LogP contribution is -2.27. The van der Waals surface area contributed by atoms with E-state index >= 15 is 0 Å². The van der Waals surface area contributed by atoms with Crippen LogP contribution in [0, 0.1) is 0 Å². The van der Waals surface area contributed by atoms with Gasteiger partial charge in [0.05, 0.1) is 11.0 Å². The van der Waals surface area contributed by atoms with Crippen LogP contribution in [0.25, 0.3) is 0 Å². The summed E-state index contributed by atoms with van der Waals surface area (Å²) in [5, 5.41) is 0. The largest absolute Gasteiger partial charge is 0.379 e. The first-order valence-electron chi connectivity index (χ1n) is 6.64. The lowest BCUT2D eigenvalue weighted by Gasteiger charge is -2.23. The Morgan fingerprint density at radius 1 is 1.28 bits per heavy atom. The zero-order chi connectivity index (χ0) is 13.2. The minimum atomic E-state index is -0.206. The van der Waals surface area contributed by atoms with Gasteiger partial charge in [-0.05, 0) is 38.7 Å². The molecular weight excluding hydrogens is 224 g/mol. The average molecular weight is 246 g/mol. The van der Waals surface area contributed by atoms with E-state index < -0.39 is 0 Å². The first kappa shape index (κ1) is 13.3. The molecule has 1 saturated carbocycles. The fourth-order valence-electron chi connectivity index (χ4n) is 2.37. The number of carbonyl (C=O) groups is 1. The highest BCUT2D eigenvalue weighted by Crippen LogP contribution is 2.50. The van der Waals surface area contributed by atoms with Crippen LogP contribution in [0.15, 0.2) is 30.3 Å². The molecule has 1 aliphatic carbocycles. The van der Waals surface area contributed by atoms with Gasteiger partial charge >= 0.3 is 0 Å². The van der Waals surface area contributed by atoms with Gasteiger partial charge in [0.15, 0.2) is 0 Å². The molecule has 0 amide bonds. The zero-order valence-electron chi connectivity index (χ0n) is 11.5. The first-order valence-corrected chi connectivity index (χ1v) is 6.64. The van der Waals surface area contributed by atoms with E-state index in [0.29, 0.717) is 12.2 Å². The van der Waals surface area contributed by atoms with Gasteiger partial charge < -0.3 is 4.74 Å². The molecule has 0 spiro atoms. The van der Waals surface area contributed by atoms with Crippen LogP contribution < -0.4 is 0 Å². The summed E-state index contributed by atoms with van der Waals surface area (Å²) in [4.78, 5) is 12.4. The van der Waals surface area contributed by atoms with Crippen molar-refractivity contribution in [1.29, 1.82) is 0 Å². The van der Waals surface area contributed by atoms with E-state index in [4.69, 9.17) is 4.74 Å². The maximum absolute atomic E-state index is 12.4. The maximum atomic E-state index is 12.4. The van der Waals surface area contributed by atoms with E-state index in [-0.39, 0.29) is 11.0 Å². The molecule has 0 heterocycles. The van der Waals surface area contributed by atoms with Gasteiger partial charge in [-0.2, -0.15) is 0 Å². The molecular formula is C16H22O2. The maximum Gasteiger partial charge on any atom is 0.143 e. The van der Waals surface area contributed by atoms with E-state index in [0.717, 1.165) is 19.3 Å². The molecule has 0 atom stereocenters. The van der Waals surface area contributed by atoms with Gasteiger partial charge in [0, 0.05) is 13.5 Å². The van der Waals surface area contributed by atoms with Crippen molar-refractivity contribution >= 4 is 5.78 Å². The Hall–Kier alpha value is -1.15. The standard InChI is InChI=1S/C16H22O2/c1-15(2,18-3)10-9-14(17)16(11-12-16)13-7-5-4-6-8-13/h4-8H,9-12H2,1-3H3. The molecule has 1 aliphatic rings. The van der Waals surface area contributed by atoms with Crippen molar-refractivity contribution in [2.24, 2.45) is 0 Å². The molecule has 0 aromatic heterocycles. The number of ether oxygens (including phenoxy) is 1. The van der Waals surface area contributed by atoms with Crippen molar-refractivity contribution in [3.05, 3.63) is 35.9 Å². The van der Waals surface area contributed by atoms with Gasteiger partial charge in [0.1, 0.15) is 5.78 Å². The van der Waals surface area contributed by atoms with Gasteiger partial charge in [-0.1, -0.05) is 30.3 Å². The third-order valence-electron chi connectivity index (χ3n) is 4.12. The number of Topliss-reactive ketones (excluding diaryl/α,β-unsaturated/α-hetero) is 1. The third-order valence-corrected chi connectivity index (χ3v) is 4.12. The highest BCUT2D eigenvalue weighted by molar-refractivity contribution is 5.93. The zero-order valence-corrected chi connectivity index (χ0v) is 11.5. The number of ketones is 1. The van der Waals surface area contributed by atoms with Crippen LogP contribution in [-0.2, 0) is 14.9 Å². The molecule has 0 radical (unpaired) electrons. The number of benzene rings is 1. The Morgan fingerprint density at radius 3 is 2.39 bits per heavy atom. The smallest absolute Gasteiger partial charge is 0.143 e. The second-order valence-corrected chi connectivity index (χ2v) is 5.84. The van der Waals surface area contributed by atoms with Crippen LogP contribution in [-0.4, -0.2) is 18.5 Å². The molecule has 98 valence electrons. The lowest BCUT2D eigenvalue weighted by atomic mass is 9.87. The van der Waals surface area contributed by atoms with E-state index in [9.17, 15) is 4.79 Å². The number of carbonyl (C=O) groups excluding carboxylic acids is 1. The summed E-state index contributed by atoms with van der Waals surface area (Å²) in [6.07, 6.45) is 3.40. The monoisotopic (exact) mass is 246 g/mol. The molecule has 1 aromatic rings. The minimum Gasteiger partial charge on any atom is -0.379 e. The number of methoxy groups -OCH3 is 1. The minimum absolute atomic E-state index is 0.176. The lowest BCUT2D eigenvalue weighted by molar-refractivity contribution is -0.122. The summed E-state index contributed by atoms with van der Waals surface area (Å²) < 4.78 is 5.37. The predicted molar refractivity (Wildman–Crippen MR) is 72.7 cm³/mol. The fraction of sp³-hybridized carbons (Fsp3) is 0.562. The molecule has 1 aromatic carbocycles. The van der Waals surface area contributed by atoms with E-state index in [1.807, 2.05) is 32.0 Å². The van der Waals surface area contributed by atoms with Gasteiger partial charge in [0.25, 0.3) is 0 Å². The summed E-state index contributed by atoms with van der Waals surface area (Å²) in [5.41, 5.74) is 0.804. The van der Waals surface area contributed by atoms with Crippen LogP contribution in [0.1, 0.15) is 45.1 Å². The van der Waals surface area contributed by atoms with Crippen molar-refractivity contribution in [3.63, 3.8) is 0 Å². The average Bonchev–Trinajstić information content (AvgIpc) is 3.19. The summed E-state index contributed by atoms with van der Waals surface area (Å²) in [5.74, 6) is 0.374. The number of rotatable bonds is 6. The quantitative estimate of drug-likeness (QED) is 0.768. The molecule has 2 heteroatoms. The second-order valence-electron chi connectivity index (χ2n) is 5.84. The van der Waals surface area contributed by atoms with Crippen LogP contribution in [0.5, 0.6) is 0 Å². The van der Waals surface area contributed by atoms with E-state index in [2.05, 4.69) is 12.1 Å². The van der Waals surface area contributed by atoms with E-state index in [1.54, 1.807) is 7.11 Å². The highest BCUT2D eigenvalue weighted by Gasteiger charge is 2.50. The van der Waals surface area contributed by atoms with E-state index in [1.165, 1.54) is 5.56 Å². The van der Waals surface area contributed by atoms with Gasteiger partial charge in [0.2, 0.25) is 0 Å². The van der Waals surface area contributed by atoms with Gasteiger partial charge in [-0.3, -0.25) is 4.79 Å². The Bertz CT molecular complexity index is 416. The third kappa shape index (κ3) is 2.64. The van der Waals surface area contributed by atoms with Crippen LogP contribution in [0.3, 0.4) is 0 Å². The molecule has 0 N–H and O–H groups in total. The molecule has 18 heavy (non-hydrogen) atoms. The molecule has 0 aliphatic heterocycles. The molecule has 1 fully saturated rings. The van der Waals surface area contributed by atoms with Crippen molar-refractivity contribution in [1.82, 2.24) is 0 Å². The summed E-state index contributed by atoms with van der Waals surface area (Å²) in [6.45, 7) is 4.06. The summed E-state index contributed by atoms with van der Waals surface area (Å²) >= 11 is 0. The van der Waals surface area contributed by atoms with Crippen molar-refractivity contribution in [2.75, 3.05) is 7.11 Å². The van der Waals surface area contributed by atoms with Crippen molar-refractivity contribution < 1.29 is 9.53 Å². The number of hydrogen-bond donors (Lipinski definition) is 0. The SMILES string of the molecule is COC(C)(C)CCC(=O)C1(c2ccccc2)CC1. The molecule has 2 rings (SSSR count). The molecule has 2 nitrogen and oxygen atoms in total. The first-order chi connectivity index (χ1) is 8.50. The molecule has 0 saturated heterocycles. The highest BCUT2D eigenvalue weighted by atomic mass is 16.5.